The van der Waals surface area contributed by atoms with Gasteiger partial charge in [-0.15, -0.1) is 0 Å². The maximum Gasteiger partial charge on any atom is 0.312 e. The molecule has 1 atom stereocenters. The summed E-state index contributed by atoms with van der Waals surface area (Å²) in [7, 11) is 0. The molecule has 3 N–H and O–H groups in total. The molecule has 1 aliphatic heterocycles. The molecule has 0 bridgehead atoms. The van der Waals surface area contributed by atoms with E-state index in [1.54, 1.807) is 0 Å². The van der Waals surface area contributed by atoms with E-state index in [1.165, 1.54) is 0 Å². The molecule has 0 spiro atoms. The fraction of sp³-hybridized carbons (Fsp3) is 0.833. The number of rotatable bonds is 2. The lowest BCUT2D eigenvalue weighted by molar-refractivity contribution is -0.0445. The third-order valence-electron chi connectivity index (χ3n) is 1.74. The monoisotopic (exact) mass is 144 g/mol. The highest BCUT2D eigenvalue weighted by Crippen LogP contribution is 2.13. The van der Waals surface area contributed by atoms with E-state index in [0.29, 0.717) is 5.92 Å². The summed E-state index contributed by atoms with van der Waals surface area (Å²) in [6, 6.07) is -0.314. The normalized spacial score (nSPS) is 21.3. The highest BCUT2D eigenvalue weighted by molar-refractivity contribution is 5.71. The first kappa shape index (κ1) is 7.34. The number of nitrogens with two attached hydrogens (primary N) is 1. The first-order chi connectivity index (χ1) is 4.70. The molecule has 0 aromatic rings. The fourth-order valence-electron chi connectivity index (χ4n) is 0.885. The predicted molar refractivity (Wildman–Crippen MR) is 36.5 cm³/mol. The van der Waals surface area contributed by atoms with Gasteiger partial charge >= 0.3 is 6.03 Å². The van der Waals surface area contributed by atoms with Crippen LogP contribution in [0.25, 0.3) is 0 Å². The molecule has 4 heteroatoms. The van der Waals surface area contributed by atoms with Crippen molar-refractivity contribution in [2.24, 2.45) is 11.7 Å². The first-order valence-corrected chi connectivity index (χ1v) is 3.34. The van der Waals surface area contributed by atoms with E-state index >= 15 is 0 Å². The minimum absolute atomic E-state index is 0.145. The second kappa shape index (κ2) is 2.88. The molecule has 1 fully saturated rings. The summed E-state index contributed by atoms with van der Waals surface area (Å²) >= 11 is 0. The van der Waals surface area contributed by atoms with Crippen LogP contribution in [0.3, 0.4) is 0 Å². The van der Waals surface area contributed by atoms with Crippen LogP contribution in [0.1, 0.15) is 6.92 Å². The SMILES string of the molecule is CC(NC(N)=O)C1COC1. The van der Waals surface area contributed by atoms with Crippen LogP contribution in [-0.2, 0) is 4.74 Å². The van der Waals surface area contributed by atoms with Crippen molar-refractivity contribution >= 4 is 6.03 Å². The molecule has 4 nitrogen and oxygen atoms in total. The van der Waals surface area contributed by atoms with E-state index < -0.39 is 6.03 Å². The Morgan fingerprint density at radius 3 is 2.70 bits per heavy atom. The third kappa shape index (κ3) is 1.60. The Kier molecular flexibility index (Phi) is 2.11. The predicted octanol–water partition coefficient (Wildman–Crippen LogP) is -0.310. The van der Waals surface area contributed by atoms with Crippen molar-refractivity contribution in [2.45, 2.75) is 13.0 Å². The van der Waals surface area contributed by atoms with Gasteiger partial charge in [0.1, 0.15) is 0 Å². The number of hydrogen-bond donors (Lipinski definition) is 2. The standard InChI is InChI=1S/C6H12N2O2/c1-4(8-6(7)9)5-2-10-3-5/h4-5H,2-3H2,1H3,(H3,7,8,9). The highest BCUT2D eigenvalue weighted by atomic mass is 16.5. The molecule has 1 rings (SSSR count). The Morgan fingerprint density at radius 1 is 1.80 bits per heavy atom. The lowest BCUT2D eigenvalue weighted by Gasteiger charge is -2.31. The number of carbonyl (C=O) groups excluding carboxylic acids is 1. The molecule has 2 amide bonds. The third-order valence-corrected chi connectivity index (χ3v) is 1.74. The summed E-state index contributed by atoms with van der Waals surface area (Å²) in [4.78, 5) is 10.3. The van der Waals surface area contributed by atoms with Gasteiger partial charge in [-0.25, -0.2) is 4.79 Å². The maximum absolute atomic E-state index is 10.3. The summed E-state index contributed by atoms with van der Waals surface area (Å²) in [6.07, 6.45) is 0. The van der Waals surface area contributed by atoms with Crippen molar-refractivity contribution in [2.75, 3.05) is 13.2 Å². The molecule has 10 heavy (non-hydrogen) atoms. The zero-order valence-electron chi connectivity index (χ0n) is 5.96. The van der Waals surface area contributed by atoms with Crippen molar-refractivity contribution in [3.63, 3.8) is 0 Å². The largest absolute Gasteiger partial charge is 0.381 e. The van der Waals surface area contributed by atoms with Crippen LogP contribution in [0, 0.1) is 5.92 Å². The maximum atomic E-state index is 10.3. The Bertz CT molecular complexity index is 134. The topological polar surface area (TPSA) is 64.3 Å². The molecule has 58 valence electrons. The van der Waals surface area contributed by atoms with E-state index in [9.17, 15) is 4.79 Å². The molecule has 1 heterocycles. The molecular formula is C6H12N2O2. The van der Waals surface area contributed by atoms with Crippen molar-refractivity contribution in [3.8, 4) is 0 Å². The number of ether oxygens (including phenoxy) is 1. The number of amides is 2. The van der Waals surface area contributed by atoms with Crippen LogP contribution >= 0.6 is 0 Å². The Labute approximate surface area is 59.7 Å². The second-order valence-electron chi connectivity index (χ2n) is 2.59. The van der Waals surface area contributed by atoms with Gasteiger partial charge in [-0.05, 0) is 6.92 Å². The van der Waals surface area contributed by atoms with Gasteiger partial charge in [-0.2, -0.15) is 0 Å². The highest BCUT2D eigenvalue weighted by Gasteiger charge is 2.25. The minimum Gasteiger partial charge on any atom is -0.381 e. The molecule has 0 radical (unpaired) electrons. The lowest BCUT2D eigenvalue weighted by Crippen LogP contribution is -2.48. The summed E-state index contributed by atoms with van der Waals surface area (Å²) < 4.78 is 4.95. The van der Waals surface area contributed by atoms with Gasteiger partial charge in [-0.3, -0.25) is 0 Å². The van der Waals surface area contributed by atoms with Crippen LogP contribution in [0.5, 0.6) is 0 Å². The van der Waals surface area contributed by atoms with Gasteiger partial charge in [0.2, 0.25) is 0 Å². The number of nitrogens with one attached hydrogen (secondary N) is 1. The fourth-order valence-corrected chi connectivity index (χ4v) is 0.885. The molecule has 1 unspecified atom stereocenters. The number of urea groups is 1. The molecule has 1 saturated heterocycles. The average Bonchev–Trinajstić information content (AvgIpc) is 1.55. The van der Waals surface area contributed by atoms with Crippen LogP contribution < -0.4 is 11.1 Å². The second-order valence-corrected chi connectivity index (χ2v) is 2.59. The smallest absolute Gasteiger partial charge is 0.312 e. The Morgan fingerprint density at radius 2 is 2.40 bits per heavy atom. The summed E-state index contributed by atoms with van der Waals surface area (Å²) in [6.45, 7) is 3.40. The van der Waals surface area contributed by atoms with E-state index in [2.05, 4.69) is 5.32 Å². The van der Waals surface area contributed by atoms with Crippen LogP contribution in [-0.4, -0.2) is 25.3 Å². The summed E-state index contributed by atoms with van der Waals surface area (Å²) in [5.41, 5.74) is 4.92. The van der Waals surface area contributed by atoms with Crippen LogP contribution in [0.2, 0.25) is 0 Å². The molecule has 0 aromatic carbocycles. The van der Waals surface area contributed by atoms with Crippen LogP contribution in [0.4, 0.5) is 4.79 Å². The Hall–Kier alpha value is -0.770. The van der Waals surface area contributed by atoms with Gasteiger partial charge in [0.05, 0.1) is 13.2 Å². The molecular weight excluding hydrogens is 132 g/mol. The molecule has 0 aliphatic carbocycles. The van der Waals surface area contributed by atoms with Gasteiger partial charge in [0.25, 0.3) is 0 Å². The van der Waals surface area contributed by atoms with E-state index in [0.717, 1.165) is 13.2 Å². The number of hydrogen-bond acceptors (Lipinski definition) is 2. The van der Waals surface area contributed by atoms with E-state index in [1.807, 2.05) is 6.92 Å². The molecule has 1 aliphatic rings. The number of primary amides is 1. The van der Waals surface area contributed by atoms with Crippen molar-refractivity contribution in [1.82, 2.24) is 5.32 Å². The summed E-state index contributed by atoms with van der Waals surface area (Å²) in [5, 5.41) is 2.60. The average molecular weight is 144 g/mol. The van der Waals surface area contributed by atoms with Gasteiger partial charge < -0.3 is 15.8 Å². The van der Waals surface area contributed by atoms with E-state index in [4.69, 9.17) is 10.5 Å². The summed E-state index contributed by atoms with van der Waals surface area (Å²) in [5.74, 6) is 0.451. The minimum atomic E-state index is -0.459. The quantitative estimate of drug-likeness (QED) is 0.558. The zero-order chi connectivity index (χ0) is 7.56. The molecule has 0 saturated carbocycles. The first-order valence-electron chi connectivity index (χ1n) is 3.34. The number of carbonyl (C=O) groups is 1. The van der Waals surface area contributed by atoms with Crippen molar-refractivity contribution < 1.29 is 9.53 Å². The van der Waals surface area contributed by atoms with Gasteiger partial charge in [-0.1, -0.05) is 0 Å². The van der Waals surface area contributed by atoms with Crippen LogP contribution in [0.15, 0.2) is 0 Å². The molecule has 0 aromatic heterocycles. The Balaban J connectivity index is 2.19. The lowest BCUT2D eigenvalue weighted by atomic mass is 10.0. The zero-order valence-corrected chi connectivity index (χ0v) is 5.96. The van der Waals surface area contributed by atoms with E-state index in [-0.39, 0.29) is 6.04 Å². The van der Waals surface area contributed by atoms with Gasteiger partial charge in [0, 0.05) is 12.0 Å². The van der Waals surface area contributed by atoms with Gasteiger partial charge in [0.15, 0.2) is 0 Å². The van der Waals surface area contributed by atoms with Crippen molar-refractivity contribution in [3.05, 3.63) is 0 Å². The van der Waals surface area contributed by atoms with Crippen molar-refractivity contribution in [1.29, 1.82) is 0 Å².